The van der Waals surface area contributed by atoms with E-state index in [1.165, 1.54) is 51.3 Å². The van der Waals surface area contributed by atoms with Gasteiger partial charge in [-0.15, -0.1) is 0 Å². The number of nitrogens with zero attached hydrogens (tertiary/aromatic N) is 5. The third-order valence-electron chi connectivity index (χ3n) is 4.49. The number of hydrogen-bond acceptors (Lipinski definition) is 10. The lowest BCUT2D eigenvalue weighted by Crippen LogP contribution is -2.02. The number of hydrogen-bond donors (Lipinski definition) is 3. The van der Waals surface area contributed by atoms with E-state index in [4.69, 9.17) is 21.1 Å². The van der Waals surface area contributed by atoms with Crippen LogP contribution in [-0.4, -0.2) is 45.5 Å². The standard InChI is InChI=1S/C21H17ClFN7O3/c1-32-15-5-11(6-16(33-2)19(15)31)8-28-30-21-18-17(24-10-27-21)20(26-9-25-18)29-12-3-4-14(23)13(22)7-12/h3-10,31H,1-2H3,(H,24,27,30)(H,25,26,29)/b28-8+. The van der Waals surface area contributed by atoms with Crippen molar-refractivity contribution in [2.45, 2.75) is 0 Å². The van der Waals surface area contributed by atoms with E-state index in [0.29, 0.717) is 33.9 Å². The number of aromatic nitrogens is 4. The van der Waals surface area contributed by atoms with Crippen molar-refractivity contribution in [3.05, 3.63) is 59.4 Å². The van der Waals surface area contributed by atoms with Crippen molar-refractivity contribution in [1.29, 1.82) is 0 Å². The highest BCUT2D eigenvalue weighted by atomic mass is 35.5. The molecule has 12 heteroatoms. The predicted octanol–water partition coefficient (Wildman–Crippen LogP) is 4.12. The molecule has 4 aromatic rings. The van der Waals surface area contributed by atoms with Crippen molar-refractivity contribution in [2.75, 3.05) is 25.0 Å². The molecule has 0 unspecified atom stereocenters. The molecule has 168 valence electrons. The zero-order valence-electron chi connectivity index (χ0n) is 17.4. The van der Waals surface area contributed by atoms with Crippen LogP contribution in [0, 0.1) is 5.82 Å². The number of ether oxygens (including phenoxy) is 2. The zero-order valence-corrected chi connectivity index (χ0v) is 18.1. The van der Waals surface area contributed by atoms with Crippen LogP contribution in [0.2, 0.25) is 5.02 Å². The van der Waals surface area contributed by atoms with Gasteiger partial charge in [0.05, 0.1) is 25.5 Å². The van der Waals surface area contributed by atoms with Gasteiger partial charge in [-0.25, -0.2) is 24.3 Å². The van der Waals surface area contributed by atoms with Crippen molar-refractivity contribution in [1.82, 2.24) is 19.9 Å². The third kappa shape index (κ3) is 4.67. The number of anilines is 3. The summed E-state index contributed by atoms with van der Waals surface area (Å²) in [5.41, 5.74) is 4.78. The summed E-state index contributed by atoms with van der Waals surface area (Å²) in [4.78, 5) is 16.9. The van der Waals surface area contributed by atoms with Crippen molar-refractivity contribution >= 4 is 46.2 Å². The molecule has 0 spiro atoms. The Hall–Kier alpha value is -4.25. The Labute approximate surface area is 192 Å². The lowest BCUT2D eigenvalue weighted by molar-refractivity contribution is 0.340. The first kappa shape index (κ1) is 22.0. The van der Waals surface area contributed by atoms with Crippen molar-refractivity contribution in [3.8, 4) is 17.2 Å². The molecule has 0 aliphatic rings. The van der Waals surface area contributed by atoms with Gasteiger partial charge in [-0.3, -0.25) is 5.43 Å². The lowest BCUT2D eigenvalue weighted by Gasteiger charge is -2.10. The van der Waals surface area contributed by atoms with Gasteiger partial charge < -0.3 is 19.9 Å². The van der Waals surface area contributed by atoms with Crippen LogP contribution in [0.4, 0.5) is 21.7 Å². The second-order valence-corrected chi connectivity index (χ2v) is 6.95. The molecule has 0 saturated carbocycles. The number of nitrogens with one attached hydrogen (secondary N) is 2. The van der Waals surface area contributed by atoms with Crippen LogP contribution >= 0.6 is 11.6 Å². The molecule has 4 rings (SSSR count). The van der Waals surface area contributed by atoms with E-state index < -0.39 is 5.82 Å². The second kappa shape index (κ2) is 9.49. The van der Waals surface area contributed by atoms with Crippen LogP contribution in [0.5, 0.6) is 17.2 Å². The van der Waals surface area contributed by atoms with Gasteiger partial charge in [0.2, 0.25) is 5.75 Å². The first-order valence-electron chi connectivity index (χ1n) is 9.42. The monoisotopic (exact) mass is 469 g/mol. The summed E-state index contributed by atoms with van der Waals surface area (Å²) >= 11 is 5.85. The largest absolute Gasteiger partial charge is 0.502 e. The van der Waals surface area contributed by atoms with Gasteiger partial charge in [-0.05, 0) is 30.3 Å². The molecule has 0 aliphatic heterocycles. The maximum absolute atomic E-state index is 13.4. The van der Waals surface area contributed by atoms with Crippen LogP contribution in [-0.2, 0) is 0 Å². The summed E-state index contributed by atoms with van der Waals surface area (Å²) in [6.07, 6.45) is 4.17. The third-order valence-corrected chi connectivity index (χ3v) is 4.78. The minimum atomic E-state index is -0.523. The minimum absolute atomic E-state index is 0.0211. The molecule has 10 nitrogen and oxygen atoms in total. The molecule has 3 N–H and O–H groups in total. The Kier molecular flexibility index (Phi) is 6.31. The summed E-state index contributed by atoms with van der Waals surface area (Å²) in [6, 6.07) is 7.41. The molecule has 0 bridgehead atoms. The summed E-state index contributed by atoms with van der Waals surface area (Å²) in [5, 5.41) is 17.2. The molecule has 33 heavy (non-hydrogen) atoms. The van der Waals surface area contributed by atoms with Crippen LogP contribution in [0.3, 0.4) is 0 Å². The highest BCUT2D eigenvalue weighted by Gasteiger charge is 2.12. The maximum Gasteiger partial charge on any atom is 0.200 e. The Morgan fingerprint density at radius 1 is 0.970 bits per heavy atom. The van der Waals surface area contributed by atoms with Crippen LogP contribution in [0.25, 0.3) is 11.0 Å². The van der Waals surface area contributed by atoms with Gasteiger partial charge in [-0.1, -0.05) is 11.6 Å². The maximum atomic E-state index is 13.4. The van der Waals surface area contributed by atoms with Crippen LogP contribution in [0.1, 0.15) is 5.56 Å². The van der Waals surface area contributed by atoms with Gasteiger partial charge in [0.1, 0.15) is 29.5 Å². The molecule has 2 aromatic carbocycles. The van der Waals surface area contributed by atoms with E-state index >= 15 is 0 Å². The molecule has 0 atom stereocenters. The molecule has 0 radical (unpaired) electrons. The molecule has 0 fully saturated rings. The van der Waals surface area contributed by atoms with Crippen molar-refractivity contribution in [2.24, 2.45) is 5.10 Å². The summed E-state index contributed by atoms with van der Waals surface area (Å²) in [6.45, 7) is 0. The summed E-state index contributed by atoms with van der Waals surface area (Å²) < 4.78 is 23.7. The van der Waals surface area contributed by atoms with Crippen molar-refractivity contribution in [3.63, 3.8) is 0 Å². The Morgan fingerprint density at radius 2 is 1.61 bits per heavy atom. The van der Waals surface area contributed by atoms with Crippen LogP contribution < -0.4 is 20.2 Å². The fourth-order valence-corrected chi connectivity index (χ4v) is 3.10. The average molecular weight is 470 g/mol. The van der Waals surface area contributed by atoms with E-state index in [9.17, 15) is 9.50 Å². The van der Waals surface area contributed by atoms with E-state index in [-0.39, 0.29) is 22.3 Å². The smallest absolute Gasteiger partial charge is 0.200 e. The second-order valence-electron chi connectivity index (χ2n) is 6.54. The number of hydrazone groups is 1. The topological polar surface area (TPSA) is 127 Å². The zero-order chi connectivity index (χ0) is 23.4. The number of rotatable bonds is 7. The number of halogens is 2. The van der Waals surface area contributed by atoms with E-state index in [0.717, 1.165) is 0 Å². The lowest BCUT2D eigenvalue weighted by atomic mass is 10.2. The molecule has 2 heterocycles. The van der Waals surface area contributed by atoms with E-state index in [2.05, 4.69) is 35.8 Å². The molecular formula is C21H17ClFN7O3. The minimum Gasteiger partial charge on any atom is -0.502 e. The number of benzene rings is 2. The predicted molar refractivity (Wildman–Crippen MR) is 122 cm³/mol. The summed E-state index contributed by atoms with van der Waals surface area (Å²) in [5.74, 6) is 0.568. The SMILES string of the molecule is COc1cc(/C=N/Nc2ncnc3c(Nc4ccc(F)c(Cl)c4)ncnc23)cc(OC)c1O. The number of fused-ring (bicyclic) bond motifs is 1. The molecule has 0 amide bonds. The number of phenolic OH excluding ortho intramolecular Hbond substituents is 1. The van der Waals surface area contributed by atoms with Gasteiger partial charge in [-0.2, -0.15) is 5.10 Å². The first-order valence-corrected chi connectivity index (χ1v) is 9.79. The first-order chi connectivity index (χ1) is 16.0. The van der Waals surface area contributed by atoms with Gasteiger partial charge >= 0.3 is 0 Å². The number of phenols is 1. The Bertz CT molecular complexity index is 1330. The fourth-order valence-electron chi connectivity index (χ4n) is 2.92. The Balaban J connectivity index is 1.60. The van der Waals surface area contributed by atoms with Gasteiger partial charge in [0, 0.05) is 11.3 Å². The molecule has 0 aliphatic carbocycles. The summed E-state index contributed by atoms with van der Waals surface area (Å²) in [7, 11) is 2.87. The van der Waals surface area contributed by atoms with E-state index in [1.54, 1.807) is 12.1 Å². The van der Waals surface area contributed by atoms with E-state index in [1.807, 2.05) is 0 Å². The van der Waals surface area contributed by atoms with Crippen LogP contribution in [0.15, 0.2) is 48.1 Å². The highest BCUT2D eigenvalue weighted by Crippen LogP contribution is 2.36. The molecule has 0 saturated heterocycles. The van der Waals surface area contributed by atoms with Gasteiger partial charge in [0.15, 0.2) is 23.1 Å². The van der Waals surface area contributed by atoms with Crippen molar-refractivity contribution < 1.29 is 19.0 Å². The Morgan fingerprint density at radius 3 is 2.24 bits per heavy atom. The quantitative estimate of drug-likeness (QED) is 0.270. The molecular weight excluding hydrogens is 453 g/mol. The number of aromatic hydroxyl groups is 1. The average Bonchev–Trinajstić information content (AvgIpc) is 2.82. The molecule has 2 aromatic heterocycles. The number of methoxy groups -OCH3 is 2. The van der Waals surface area contributed by atoms with Gasteiger partial charge in [0.25, 0.3) is 0 Å². The normalized spacial score (nSPS) is 11.0. The highest BCUT2D eigenvalue weighted by molar-refractivity contribution is 6.31. The fraction of sp³-hybridized carbons (Fsp3) is 0.0952.